The molecule has 0 aromatic heterocycles. The van der Waals surface area contributed by atoms with Crippen molar-refractivity contribution in [2.45, 2.75) is 450 Å². The number of nitrogens with zero attached hydrogens (tertiary/aromatic N) is 2. The van der Waals surface area contributed by atoms with Gasteiger partial charge in [-0.1, -0.05) is 411 Å². The molecule has 0 saturated carbocycles. The molecule has 0 rings (SSSR count). The lowest BCUT2D eigenvalue weighted by molar-refractivity contribution is -0.122. The first-order chi connectivity index (χ1) is 44.6. The average molecular weight is 1330 g/mol. The van der Waals surface area contributed by atoms with Crippen LogP contribution in [0.4, 0.5) is 0 Å². The lowest BCUT2D eigenvalue weighted by Crippen LogP contribution is -2.39. The van der Waals surface area contributed by atoms with E-state index in [0.717, 1.165) is 101 Å². The zero-order valence-electron chi connectivity index (χ0n) is 61.4. The van der Waals surface area contributed by atoms with Crippen molar-refractivity contribution in [1.82, 2.24) is 9.80 Å². The Hall–Kier alpha value is -0.240. The van der Waals surface area contributed by atoms with E-state index in [1.54, 1.807) is 0 Å². The second-order valence-corrected chi connectivity index (χ2v) is 31.0. The van der Waals surface area contributed by atoms with E-state index in [1.807, 2.05) is 0 Å². The van der Waals surface area contributed by atoms with Crippen molar-refractivity contribution in [2.75, 3.05) is 50.8 Å². The molecular weight excluding hydrogens is 1170 g/mol. The first kappa shape index (κ1) is 90.8. The van der Waals surface area contributed by atoms with E-state index in [9.17, 15) is 35.1 Å². The smallest absolute Gasteiger partial charge is 0.217 e. The lowest BCUT2D eigenvalue weighted by Gasteiger charge is -2.27. The fraction of sp³-hybridized carbons (Fsp3) is 0.975. The Labute approximate surface area is 576 Å². The van der Waals surface area contributed by atoms with Gasteiger partial charge in [0.25, 0.3) is 0 Å². The number of thioether (sulfide) groups is 2. The number of carbonyl (C=O) groups excluding carboxylic acids is 2. The summed E-state index contributed by atoms with van der Waals surface area (Å²) < 4.78 is 0. The van der Waals surface area contributed by atoms with Crippen LogP contribution in [-0.2, 0) is 9.59 Å². The maximum Gasteiger partial charge on any atom is 0.217 e. The summed E-state index contributed by atoms with van der Waals surface area (Å²) in [6, 6.07) is 0. The molecule has 0 aliphatic carbocycles. The molecule has 5 N–H and O–H groups in total. The summed E-state index contributed by atoms with van der Waals surface area (Å²) in [5.41, 5.74) is 0. The van der Waals surface area contributed by atoms with Gasteiger partial charge in [-0.05, 0) is 25.7 Å². The van der Waals surface area contributed by atoms with Gasteiger partial charge in [-0.25, -0.2) is 0 Å². The zero-order chi connectivity index (χ0) is 66.4. The molecule has 0 spiro atoms. The van der Waals surface area contributed by atoms with Crippen LogP contribution in [0, 0.1) is 0 Å². The van der Waals surface area contributed by atoms with Crippen LogP contribution in [0.1, 0.15) is 419 Å². The highest BCUT2D eigenvalue weighted by Crippen LogP contribution is 2.22. The maximum absolute atomic E-state index is 13.3. The van der Waals surface area contributed by atoms with E-state index < -0.39 is 35.6 Å². The predicted molar refractivity (Wildman–Crippen MR) is 402 cm³/mol. The molecule has 9 nitrogen and oxygen atoms in total. The first-order valence-electron chi connectivity index (χ1n) is 40.7. The average Bonchev–Trinajstić information content (AvgIpc) is 3.59. The molecule has 11 heteroatoms. The van der Waals surface area contributed by atoms with Crippen LogP contribution >= 0.6 is 23.5 Å². The number of carbonyl (C=O) groups is 2. The standard InChI is InChI=1S/C80H160N2O7S2/c1-5-9-13-17-21-25-29-33-37-41-45-49-53-57-61-74(83)70-81(71-75(84)62-58-54-50-46-42-38-34-30-26-22-18-14-10-6-2)65-67-90-79(88)69-78(87)80(89)91-68-66-82(72-76(85)63-59-55-51-47-43-39-35-31-27-23-19-15-11-7-3)73-77(86)64-60-56-52-48-44-40-36-32-28-24-20-16-12-8-4/h74-78,83-87H,5-73H2,1-4H3. The first-order valence-corrected chi connectivity index (χ1v) is 42.7. The van der Waals surface area contributed by atoms with Gasteiger partial charge >= 0.3 is 0 Å². The van der Waals surface area contributed by atoms with Crippen LogP contribution in [0.5, 0.6) is 0 Å². The van der Waals surface area contributed by atoms with Gasteiger partial charge in [-0.15, -0.1) is 0 Å². The van der Waals surface area contributed by atoms with E-state index in [-0.39, 0.29) is 11.5 Å². The molecular formula is C80H160N2O7S2. The predicted octanol–water partition coefficient (Wildman–Crippen LogP) is 22.8. The molecule has 91 heavy (non-hydrogen) atoms. The van der Waals surface area contributed by atoms with Crippen LogP contribution in [-0.4, -0.2) is 127 Å². The van der Waals surface area contributed by atoms with E-state index in [0.29, 0.717) is 50.8 Å². The lowest BCUT2D eigenvalue weighted by atomic mass is 10.0. The Morgan fingerprint density at radius 3 is 0.637 bits per heavy atom. The van der Waals surface area contributed by atoms with Crippen LogP contribution < -0.4 is 0 Å². The van der Waals surface area contributed by atoms with Crippen molar-refractivity contribution in [1.29, 1.82) is 0 Å². The van der Waals surface area contributed by atoms with Gasteiger partial charge in [0, 0.05) is 50.8 Å². The number of hydrogen-bond donors (Lipinski definition) is 5. The normalized spacial score (nSPS) is 13.7. The number of hydrogen-bond acceptors (Lipinski definition) is 11. The summed E-state index contributed by atoms with van der Waals surface area (Å²) in [7, 11) is 0. The fourth-order valence-corrected chi connectivity index (χ4v) is 15.0. The topological polar surface area (TPSA) is 142 Å². The van der Waals surface area contributed by atoms with Gasteiger partial charge < -0.3 is 25.5 Å². The van der Waals surface area contributed by atoms with Gasteiger partial charge in [0.05, 0.1) is 30.8 Å². The second-order valence-electron chi connectivity index (χ2n) is 28.8. The monoisotopic (exact) mass is 1330 g/mol. The fourth-order valence-electron chi connectivity index (χ4n) is 13.3. The summed E-state index contributed by atoms with van der Waals surface area (Å²) >= 11 is 2.17. The highest BCUT2D eigenvalue weighted by Gasteiger charge is 2.23. The van der Waals surface area contributed by atoms with Crippen molar-refractivity contribution < 1.29 is 35.1 Å². The molecule has 0 bridgehead atoms. The van der Waals surface area contributed by atoms with E-state index in [2.05, 4.69) is 37.5 Å². The Bertz CT molecular complexity index is 1370. The Kier molecular flexibility index (Phi) is 73.8. The highest BCUT2D eigenvalue weighted by molar-refractivity contribution is 8.14. The zero-order valence-corrected chi connectivity index (χ0v) is 63.1. The van der Waals surface area contributed by atoms with Crippen LogP contribution in [0.15, 0.2) is 0 Å². The molecule has 0 aliphatic rings. The molecule has 5 unspecified atom stereocenters. The highest BCUT2D eigenvalue weighted by atomic mass is 32.2. The van der Waals surface area contributed by atoms with Gasteiger partial charge in [-0.3, -0.25) is 19.4 Å². The number of unbranched alkanes of at least 4 members (excludes halogenated alkanes) is 52. The van der Waals surface area contributed by atoms with Gasteiger partial charge in [0.1, 0.15) is 6.10 Å². The quantitative estimate of drug-likeness (QED) is 0.0372. The number of aliphatic hydroxyl groups excluding tert-OH is 5. The molecule has 0 heterocycles. The summed E-state index contributed by atoms with van der Waals surface area (Å²) in [4.78, 5) is 30.8. The molecule has 0 fully saturated rings. The Morgan fingerprint density at radius 2 is 0.440 bits per heavy atom. The van der Waals surface area contributed by atoms with Crippen molar-refractivity contribution in [3.05, 3.63) is 0 Å². The molecule has 0 aromatic carbocycles. The van der Waals surface area contributed by atoms with Gasteiger partial charge in [0.15, 0.2) is 5.12 Å². The van der Waals surface area contributed by atoms with Crippen LogP contribution in [0.25, 0.3) is 0 Å². The molecule has 5 atom stereocenters. The minimum absolute atomic E-state index is 0.229. The van der Waals surface area contributed by atoms with Crippen LogP contribution in [0.2, 0.25) is 0 Å². The Morgan fingerprint density at radius 1 is 0.264 bits per heavy atom. The summed E-state index contributed by atoms with van der Waals surface area (Å²) in [6.45, 7) is 12.0. The molecule has 544 valence electrons. The summed E-state index contributed by atoms with van der Waals surface area (Å²) in [5.74, 6) is 0.870. The van der Waals surface area contributed by atoms with Crippen molar-refractivity contribution in [3.63, 3.8) is 0 Å². The summed E-state index contributed by atoms with van der Waals surface area (Å²) in [6.07, 6.45) is 72.1. The molecule has 0 radical (unpaired) electrons. The van der Waals surface area contributed by atoms with Gasteiger partial charge in [-0.2, -0.15) is 0 Å². The third-order valence-corrected chi connectivity index (χ3v) is 21.2. The second kappa shape index (κ2) is 74.0. The summed E-state index contributed by atoms with van der Waals surface area (Å²) in [5, 5.41) is 55.3. The molecule has 0 aromatic rings. The Balaban J connectivity index is 5.13. The number of aliphatic hydroxyl groups is 5. The van der Waals surface area contributed by atoms with E-state index in [4.69, 9.17) is 0 Å². The van der Waals surface area contributed by atoms with Crippen LogP contribution in [0.3, 0.4) is 0 Å². The van der Waals surface area contributed by atoms with Crippen molar-refractivity contribution in [3.8, 4) is 0 Å². The van der Waals surface area contributed by atoms with Gasteiger partial charge in [0.2, 0.25) is 5.12 Å². The third kappa shape index (κ3) is 69.5. The van der Waals surface area contributed by atoms with E-state index in [1.165, 1.54) is 308 Å². The van der Waals surface area contributed by atoms with E-state index >= 15 is 0 Å². The molecule has 0 amide bonds. The maximum atomic E-state index is 13.3. The largest absolute Gasteiger partial charge is 0.392 e. The van der Waals surface area contributed by atoms with Crippen molar-refractivity contribution >= 4 is 33.8 Å². The van der Waals surface area contributed by atoms with Crippen molar-refractivity contribution in [2.24, 2.45) is 0 Å². The minimum atomic E-state index is -1.40. The molecule has 0 aliphatic heterocycles. The third-order valence-electron chi connectivity index (χ3n) is 19.4. The SMILES string of the molecule is CCCCCCCCCCCCCCCCC(O)CN(CCSC(=O)CC(O)C(=O)SCCN(CC(O)CCCCCCCCCCCCCCCC)CC(O)CCCCCCCCCCCCCCCC)CC(O)CCCCCCCCCCCCCCCC. The molecule has 0 saturated heterocycles. The number of rotatable bonds is 77. The minimum Gasteiger partial charge on any atom is -0.392 e.